The molecule has 6 heteroatoms. The molecule has 0 unspecified atom stereocenters. The monoisotopic (exact) mass is 484 g/mol. The number of nitrogens with one attached hydrogen (secondary N) is 1. The fraction of sp³-hybridized carbons (Fsp3) is 0.350. The number of hydrogen-bond donors (Lipinski definition) is 1. The van der Waals surface area contributed by atoms with Crippen molar-refractivity contribution in [3.05, 3.63) is 53.6 Å². The minimum absolute atomic E-state index is 0.0109. The van der Waals surface area contributed by atoms with Gasteiger partial charge < -0.3 is 0 Å². The second-order valence-electron chi connectivity index (χ2n) is 7.55. The molecular formula is C20H26Cl2NOSiZr. The number of hydrogen-bond acceptors (Lipinski definition) is 1. The minimum atomic E-state index is -4.61. The van der Waals surface area contributed by atoms with Gasteiger partial charge in [-0.15, -0.1) is 0 Å². The Bertz CT molecular complexity index is 853. The fourth-order valence-corrected chi connectivity index (χ4v) is 22.1. The van der Waals surface area contributed by atoms with Crippen molar-refractivity contribution in [2.45, 2.75) is 45.7 Å². The number of rotatable bonds is 6. The zero-order valence-corrected chi connectivity index (χ0v) is 20.7. The van der Waals surface area contributed by atoms with Crippen LogP contribution in [0, 0.1) is 0 Å². The maximum absolute atomic E-state index is 12.6. The van der Waals surface area contributed by atoms with E-state index < -0.39 is 21.8 Å². The molecule has 2 aromatic rings. The molecular weight excluding hydrogens is 460 g/mol. The average molecular weight is 487 g/mol. The first-order chi connectivity index (χ1) is 12.3. The Morgan fingerprint density at radius 3 is 2.50 bits per heavy atom. The molecule has 1 aliphatic carbocycles. The van der Waals surface area contributed by atoms with E-state index in [9.17, 15) is 4.79 Å². The molecule has 1 aliphatic rings. The topological polar surface area (TPSA) is 29.1 Å². The molecule has 0 saturated heterocycles. The van der Waals surface area contributed by atoms with Gasteiger partial charge in [0.25, 0.3) is 0 Å². The Labute approximate surface area is 165 Å². The molecule has 26 heavy (non-hydrogen) atoms. The SMILES string of the molecule is CCCCC(=O)[NH][Zr]([Cl])([Cl])([c]1cccc2c1Cc1ccccc1-2)[SiH](C)C. The summed E-state index contributed by atoms with van der Waals surface area (Å²) in [5.74, 6) is -1.54. The van der Waals surface area contributed by atoms with Gasteiger partial charge >= 0.3 is 166 Å². The van der Waals surface area contributed by atoms with E-state index in [0.717, 1.165) is 22.5 Å². The number of carbonyl (C=O) groups excluding carboxylic acids is 1. The number of unbranched alkanes of at least 4 members (excludes halogenated alkanes) is 1. The molecule has 0 aliphatic heterocycles. The van der Waals surface area contributed by atoms with Crippen molar-refractivity contribution in [2.75, 3.05) is 0 Å². The summed E-state index contributed by atoms with van der Waals surface area (Å²) in [7, 11) is 14.7. The van der Waals surface area contributed by atoms with Gasteiger partial charge in [-0.25, -0.2) is 0 Å². The van der Waals surface area contributed by atoms with Gasteiger partial charge in [-0.1, -0.05) is 0 Å². The summed E-state index contributed by atoms with van der Waals surface area (Å²) in [6, 6.07) is 14.7. The first kappa shape index (κ1) is 20.3. The summed E-state index contributed by atoms with van der Waals surface area (Å²) in [4.78, 5) is 12.6. The zero-order valence-electron chi connectivity index (χ0n) is 15.6. The van der Waals surface area contributed by atoms with Crippen LogP contribution in [-0.2, 0) is 27.1 Å². The van der Waals surface area contributed by atoms with Gasteiger partial charge in [0.15, 0.2) is 0 Å². The molecule has 0 radical (unpaired) electrons. The Balaban J connectivity index is 2.09. The van der Waals surface area contributed by atoms with Crippen molar-refractivity contribution in [2.24, 2.45) is 0 Å². The summed E-state index contributed by atoms with van der Waals surface area (Å²) in [5, 5.41) is 0. The van der Waals surface area contributed by atoms with Crippen LogP contribution >= 0.6 is 17.0 Å². The molecule has 1 amide bonds. The molecule has 0 spiro atoms. The third kappa shape index (κ3) is 3.51. The van der Waals surface area contributed by atoms with Gasteiger partial charge in [0.05, 0.1) is 0 Å². The van der Waals surface area contributed by atoms with Crippen LogP contribution in [0.5, 0.6) is 0 Å². The van der Waals surface area contributed by atoms with Gasteiger partial charge in [-0.05, 0) is 0 Å². The molecule has 139 valence electrons. The van der Waals surface area contributed by atoms with Gasteiger partial charge in [-0.2, -0.15) is 0 Å². The Morgan fingerprint density at radius 1 is 1.12 bits per heavy atom. The van der Waals surface area contributed by atoms with E-state index in [1.54, 1.807) is 0 Å². The first-order valence-corrected chi connectivity index (χ1v) is 25.3. The number of amides is 1. The standard InChI is InChI=1S/C13H9.C5H11NO.C2H7Si.2ClH.Zr/c1-3-7-12-10(5-1)9-11-6-2-4-8-13(11)12;1-2-3-4-5(6)7;1-3-2;;;/h1-5,7-8H,9H2;2-4H2,1H3,(H2,6,7);3H,1-2H3;2*1H;/q;;;;;+3/p-3. The quantitative estimate of drug-likeness (QED) is 0.484. The zero-order chi connectivity index (χ0) is 19.0. The van der Waals surface area contributed by atoms with Crippen molar-refractivity contribution < 1.29 is 20.6 Å². The number of fused-ring (bicyclic) bond motifs is 3. The van der Waals surface area contributed by atoms with Gasteiger partial charge in [-0.3, -0.25) is 0 Å². The van der Waals surface area contributed by atoms with Crippen molar-refractivity contribution in [1.82, 2.24) is 3.26 Å². The fourth-order valence-electron chi connectivity index (χ4n) is 3.76. The van der Waals surface area contributed by atoms with Crippen LogP contribution in [0.2, 0.25) is 13.1 Å². The van der Waals surface area contributed by atoms with E-state index >= 15 is 0 Å². The maximum atomic E-state index is 12.6. The van der Waals surface area contributed by atoms with Crippen LogP contribution < -0.4 is 6.53 Å². The van der Waals surface area contributed by atoms with E-state index in [0.29, 0.717) is 6.42 Å². The van der Waals surface area contributed by atoms with Gasteiger partial charge in [0.2, 0.25) is 0 Å². The molecule has 2 aromatic carbocycles. The van der Waals surface area contributed by atoms with Crippen molar-refractivity contribution in [3.63, 3.8) is 0 Å². The van der Waals surface area contributed by atoms with E-state index in [2.05, 4.69) is 59.7 Å². The third-order valence-corrected chi connectivity index (χ3v) is 49.6. The van der Waals surface area contributed by atoms with E-state index in [1.165, 1.54) is 22.3 Å². The van der Waals surface area contributed by atoms with Crippen LogP contribution in [-0.4, -0.2) is 11.8 Å². The molecule has 0 saturated carbocycles. The third-order valence-electron chi connectivity index (χ3n) is 5.48. The summed E-state index contributed by atoms with van der Waals surface area (Å²) >= 11 is -4.61. The summed E-state index contributed by atoms with van der Waals surface area (Å²) < 4.78 is 4.29. The predicted molar refractivity (Wildman–Crippen MR) is 113 cm³/mol. The van der Waals surface area contributed by atoms with Crippen LogP contribution in [0.3, 0.4) is 0 Å². The van der Waals surface area contributed by atoms with Gasteiger partial charge in [0.1, 0.15) is 0 Å². The Morgan fingerprint density at radius 2 is 1.81 bits per heavy atom. The molecule has 2 nitrogen and oxygen atoms in total. The number of benzene rings is 2. The second kappa shape index (κ2) is 7.54. The van der Waals surface area contributed by atoms with Crippen molar-refractivity contribution in [1.29, 1.82) is 0 Å². The van der Waals surface area contributed by atoms with E-state index in [1.807, 2.05) is 6.07 Å². The first-order valence-electron chi connectivity index (χ1n) is 9.36. The molecule has 1 N–H and O–H groups in total. The van der Waals surface area contributed by atoms with Crippen LogP contribution in [0.15, 0.2) is 42.5 Å². The molecule has 0 heterocycles. The van der Waals surface area contributed by atoms with Crippen molar-refractivity contribution >= 4 is 32.1 Å². The average Bonchev–Trinajstić information content (AvgIpc) is 2.98. The number of halogens is 2. The van der Waals surface area contributed by atoms with Crippen LogP contribution in [0.4, 0.5) is 0 Å². The summed E-state index contributed by atoms with van der Waals surface area (Å²) in [6.45, 7) is 6.43. The molecule has 0 bridgehead atoms. The second-order valence-corrected chi connectivity index (χ2v) is 47.2. The molecule has 3 rings (SSSR count). The molecule has 0 fully saturated rings. The summed E-state index contributed by atoms with van der Waals surface area (Å²) in [6.07, 6.45) is 3.19. The Hall–Kier alpha value is -0.410. The van der Waals surface area contributed by atoms with Crippen LogP contribution in [0.25, 0.3) is 11.1 Å². The number of carbonyl (C=O) groups is 1. The van der Waals surface area contributed by atoms with Crippen LogP contribution in [0.1, 0.15) is 37.3 Å². The molecule has 0 aromatic heterocycles. The summed E-state index contributed by atoms with van der Waals surface area (Å²) in [5.41, 5.74) is 5.01. The predicted octanol–water partition coefficient (Wildman–Crippen LogP) is 5.09. The van der Waals surface area contributed by atoms with E-state index in [4.69, 9.17) is 17.0 Å². The Kier molecular flexibility index (Phi) is 5.90. The van der Waals surface area contributed by atoms with Crippen molar-refractivity contribution in [3.8, 4) is 11.1 Å². The normalized spacial score (nSPS) is 14.5. The van der Waals surface area contributed by atoms with E-state index in [-0.39, 0.29) is 5.91 Å². The molecule has 0 atom stereocenters. The van der Waals surface area contributed by atoms with Gasteiger partial charge in [0, 0.05) is 0 Å².